The number of nitrogens with one attached hydrogen (secondary N) is 2. The average Bonchev–Trinajstić information content (AvgIpc) is 2.84. The van der Waals surface area contributed by atoms with E-state index in [1.165, 1.54) is 29.4 Å². The maximum Gasteiger partial charge on any atom is 0.223 e. The molecular weight excluding hydrogens is 272 g/mol. The van der Waals surface area contributed by atoms with Gasteiger partial charge in [-0.3, -0.25) is 16.1 Å². The Kier molecular flexibility index (Phi) is 5.23. The number of amides is 1. The van der Waals surface area contributed by atoms with Crippen LogP contribution in [-0.2, 0) is 24.2 Å². The van der Waals surface area contributed by atoms with E-state index in [4.69, 9.17) is 5.84 Å². The third-order valence-corrected chi connectivity index (χ3v) is 3.61. The Morgan fingerprint density at radius 1 is 1.35 bits per heavy atom. The van der Waals surface area contributed by atoms with E-state index in [2.05, 4.69) is 27.9 Å². The molecule has 0 spiro atoms. The minimum Gasteiger partial charge on any atom is -0.302 e. The van der Waals surface area contributed by atoms with Gasteiger partial charge in [0, 0.05) is 18.8 Å². The van der Waals surface area contributed by atoms with E-state index in [9.17, 15) is 4.79 Å². The normalized spacial score (nSPS) is 10.5. The van der Waals surface area contributed by atoms with Gasteiger partial charge in [-0.2, -0.15) is 0 Å². The summed E-state index contributed by atoms with van der Waals surface area (Å²) in [5.41, 5.74) is 6.08. The largest absolute Gasteiger partial charge is 0.302 e. The molecule has 5 nitrogen and oxygen atoms in total. The monoisotopic (exact) mass is 290 g/mol. The lowest BCUT2D eigenvalue weighted by atomic mass is 10.1. The zero-order chi connectivity index (χ0) is 14.4. The van der Waals surface area contributed by atoms with Gasteiger partial charge >= 0.3 is 0 Å². The molecule has 1 amide bonds. The number of anilines is 1. The molecule has 2 rings (SSSR count). The number of nitrogens with two attached hydrogens (primary N) is 1. The van der Waals surface area contributed by atoms with E-state index in [0.29, 0.717) is 11.7 Å². The van der Waals surface area contributed by atoms with Gasteiger partial charge in [0.2, 0.25) is 5.91 Å². The van der Waals surface area contributed by atoms with Crippen LogP contribution in [0.2, 0.25) is 0 Å². The smallest absolute Gasteiger partial charge is 0.223 e. The van der Waals surface area contributed by atoms with Gasteiger partial charge in [0.1, 0.15) is 0 Å². The fourth-order valence-corrected chi connectivity index (χ4v) is 2.71. The van der Waals surface area contributed by atoms with Gasteiger partial charge < -0.3 is 5.32 Å². The number of thiazole rings is 1. The van der Waals surface area contributed by atoms with Crippen molar-refractivity contribution in [2.75, 3.05) is 5.32 Å². The fraction of sp³-hybridized carbons (Fsp3) is 0.286. The number of hydrazine groups is 1. The second-order valence-corrected chi connectivity index (χ2v) is 5.38. The molecule has 1 aromatic carbocycles. The molecule has 0 saturated heterocycles. The van der Waals surface area contributed by atoms with Crippen molar-refractivity contribution in [3.05, 3.63) is 46.5 Å². The lowest BCUT2D eigenvalue weighted by Gasteiger charge is -2.04. The van der Waals surface area contributed by atoms with Crippen LogP contribution in [0.15, 0.2) is 29.6 Å². The van der Waals surface area contributed by atoms with Gasteiger partial charge in [-0.15, -0.1) is 11.3 Å². The summed E-state index contributed by atoms with van der Waals surface area (Å²) in [6, 6.07) is 8.31. The quantitative estimate of drug-likeness (QED) is 0.560. The summed E-state index contributed by atoms with van der Waals surface area (Å²) < 4.78 is 0. The Labute approximate surface area is 122 Å². The van der Waals surface area contributed by atoms with Crippen LogP contribution in [0.25, 0.3) is 0 Å². The zero-order valence-electron chi connectivity index (χ0n) is 11.3. The van der Waals surface area contributed by atoms with Crippen LogP contribution >= 0.6 is 11.3 Å². The van der Waals surface area contributed by atoms with Gasteiger partial charge in [0.05, 0.1) is 5.69 Å². The van der Waals surface area contributed by atoms with Crippen molar-refractivity contribution in [3.63, 3.8) is 0 Å². The molecule has 4 N–H and O–H groups in total. The van der Waals surface area contributed by atoms with Crippen molar-refractivity contribution in [3.8, 4) is 0 Å². The van der Waals surface area contributed by atoms with E-state index >= 15 is 0 Å². The molecule has 0 saturated carbocycles. The van der Waals surface area contributed by atoms with Gasteiger partial charge in [-0.25, -0.2) is 4.98 Å². The maximum atomic E-state index is 10.9. The summed E-state index contributed by atoms with van der Waals surface area (Å²) in [4.78, 5) is 15.3. The summed E-state index contributed by atoms with van der Waals surface area (Å²) in [6.45, 7) is 2.15. The SMILES string of the molecule is CC(=O)Nc1nc(CCc2cccc(CNN)c2)cs1. The van der Waals surface area contributed by atoms with Crippen LogP contribution in [-0.4, -0.2) is 10.9 Å². The number of aryl methyl sites for hydroxylation is 2. The predicted octanol–water partition coefficient (Wildman–Crippen LogP) is 1.85. The van der Waals surface area contributed by atoms with Crippen LogP contribution < -0.4 is 16.6 Å². The second-order valence-electron chi connectivity index (χ2n) is 4.53. The number of carbonyl (C=O) groups is 1. The molecule has 0 aliphatic heterocycles. The maximum absolute atomic E-state index is 10.9. The Balaban J connectivity index is 1.92. The molecular formula is C14H18N4OS. The van der Waals surface area contributed by atoms with Gasteiger partial charge in [-0.05, 0) is 24.0 Å². The summed E-state index contributed by atoms with van der Waals surface area (Å²) in [5, 5.41) is 5.34. The van der Waals surface area contributed by atoms with E-state index in [0.717, 1.165) is 18.5 Å². The third-order valence-electron chi connectivity index (χ3n) is 2.80. The Morgan fingerprint density at radius 2 is 2.15 bits per heavy atom. The van der Waals surface area contributed by atoms with Crippen LogP contribution in [0, 0.1) is 0 Å². The molecule has 0 atom stereocenters. The molecule has 0 unspecified atom stereocenters. The first kappa shape index (κ1) is 14.6. The first-order valence-electron chi connectivity index (χ1n) is 6.40. The first-order valence-corrected chi connectivity index (χ1v) is 7.28. The third kappa shape index (κ3) is 4.41. The molecule has 1 aromatic heterocycles. The summed E-state index contributed by atoms with van der Waals surface area (Å²) >= 11 is 1.45. The molecule has 106 valence electrons. The number of aromatic nitrogens is 1. The summed E-state index contributed by atoms with van der Waals surface area (Å²) in [5.74, 6) is 5.24. The molecule has 0 radical (unpaired) electrons. The van der Waals surface area contributed by atoms with E-state index in [-0.39, 0.29) is 5.91 Å². The van der Waals surface area contributed by atoms with Gasteiger partial charge in [-0.1, -0.05) is 24.3 Å². The lowest BCUT2D eigenvalue weighted by molar-refractivity contribution is -0.114. The number of nitrogens with zero attached hydrogens (tertiary/aromatic N) is 1. The highest BCUT2D eigenvalue weighted by Crippen LogP contribution is 2.17. The molecule has 0 bridgehead atoms. The van der Waals surface area contributed by atoms with Crippen molar-refractivity contribution < 1.29 is 4.79 Å². The lowest BCUT2D eigenvalue weighted by Crippen LogP contribution is -2.20. The van der Waals surface area contributed by atoms with Crippen LogP contribution in [0.5, 0.6) is 0 Å². The molecule has 0 aliphatic carbocycles. The topological polar surface area (TPSA) is 80.0 Å². The zero-order valence-corrected chi connectivity index (χ0v) is 12.2. The van der Waals surface area contributed by atoms with Crippen molar-refractivity contribution in [2.24, 2.45) is 5.84 Å². The van der Waals surface area contributed by atoms with Crippen molar-refractivity contribution in [2.45, 2.75) is 26.3 Å². The molecule has 20 heavy (non-hydrogen) atoms. The first-order chi connectivity index (χ1) is 9.67. The fourth-order valence-electron chi connectivity index (χ4n) is 1.92. The minimum atomic E-state index is -0.0899. The van der Waals surface area contributed by atoms with Crippen molar-refractivity contribution in [1.29, 1.82) is 0 Å². The highest BCUT2D eigenvalue weighted by atomic mass is 32.1. The number of hydrogen-bond acceptors (Lipinski definition) is 5. The Bertz CT molecular complexity index is 582. The molecule has 6 heteroatoms. The minimum absolute atomic E-state index is 0.0899. The van der Waals surface area contributed by atoms with Crippen LogP contribution in [0.4, 0.5) is 5.13 Å². The molecule has 1 heterocycles. The van der Waals surface area contributed by atoms with Gasteiger partial charge in [0.15, 0.2) is 5.13 Å². The van der Waals surface area contributed by atoms with Crippen molar-refractivity contribution in [1.82, 2.24) is 10.4 Å². The molecule has 2 aromatic rings. The number of hydrogen-bond donors (Lipinski definition) is 3. The summed E-state index contributed by atoms with van der Waals surface area (Å²) in [7, 11) is 0. The predicted molar refractivity (Wildman–Crippen MR) is 81.3 cm³/mol. The van der Waals surface area contributed by atoms with E-state index in [1.54, 1.807) is 0 Å². The molecule has 0 fully saturated rings. The summed E-state index contributed by atoms with van der Waals surface area (Å²) in [6.07, 6.45) is 1.78. The van der Waals surface area contributed by atoms with Crippen molar-refractivity contribution >= 4 is 22.4 Å². The van der Waals surface area contributed by atoms with Gasteiger partial charge in [0.25, 0.3) is 0 Å². The molecule has 0 aliphatic rings. The average molecular weight is 290 g/mol. The Morgan fingerprint density at radius 3 is 2.90 bits per heavy atom. The van der Waals surface area contributed by atoms with E-state index < -0.39 is 0 Å². The highest BCUT2D eigenvalue weighted by Gasteiger charge is 2.04. The highest BCUT2D eigenvalue weighted by molar-refractivity contribution is 7.13. The second kappa shape index (κ2) is 7.14. The standard InChI is InChI=1S/C14H18N4OS/c1-10(19)17-14-18-13(9-20-14)6-5-11-3-2-4-12(7-11)8-16-15/h2-4,7,9,16H,5-6,8,15H2,1H3,(H,17,18,19). The number of rotatable bonds is 6. The number of benzene rings is 1. The number of carbonyl (C=O) groups excluding carboxylic acids is 1. The van der Waals surface area contributed by atoms with Crippen LogP contribution in [0.1, 0.15) is 23.7 Å². The van der Waals surface area contributed by atoms with Crippen LogP contribution in [0.3, 0.4) is 0 Å². The van der Waals surface area contributed by atoms with E-state index in [1.807, 2.05) is 17.5 Å². The Hall–Kier alpha value is -1.76.